The van der Waals surface area contributed by atoms with Crippen molar-refractivity contribution in [3.63, 3.8) is 0 Å². The monoisotopic (exact) mass is 207 g/mol. The molecule has 0 bridgehead atoms. The lowest BCUT2D eigenvalue weighted by Crippen LogP contribution is -2.27. The molecule has 4 nitrogen and oxygen atoms in total. The van der Waals surface area contributed by atoms with Crippen molar-refractivity contribution in [2.75, 3.05) is 17.7 Å². The summed E-state index contributed by atoms with van der Waals surface area (Å²) in [6.07, 6.45) is 0. The number of nitrogen functional groups attached to an aromatic ring is 1. The molecule has 0 aromatic heterocycles. The number of benzene rings is 1. The van der Waals surface area contributed by atoms with Crippen LogP contribution in [0.15, 0.2) is 18.2 Å². The minimum atomic E-state index is -0.494. The van der Waals surface area contributed by atoms with Crippen LogP contribution in [0.5, 0.6) is 0 Å². The number of hydrogen-bond donors (Lipinski definition) is 2. The largest absolute Gasteiger partial charge is 0.396 e. The molecule has 1 aromatic rings. The zero-order valence-corrected chi connectivity index (χ0v) is 9.32. The number of carbonyl (C=O) groups excluding carboxylic acids is 1. The van der Waals surface area contributed by atoms with Crippen LogP contribution in [0, 0.1) is 0 Å². The highest BCUT2D eigenvalue weighted by Gasteiger charge is 2.13. The first-order chi connectivity index (χ1) is 6.95. The number of primary amides is 1. The minimum absolute atomic E-state index is 0.315. The third kappa shape index (κ3) is 2.21. The van der Waals surface area contributed by atoms with Crippen LogP contribution in [-0.4, -0.2) is 19.0 Å². The first-order valence-electron chi connectivity index (χ1n) is 4.86. The van der Waals surface area contributed by atoms with E-state index in [2.05, 4.69) is 13.8 Å². The molecule has 1 aromatic carbocycles. The molecular weight excluding hydrogens is 190 g/mol. The van der Waals surface area contributed by atoms with Gasteiger partial charge in [0.25, 0.3) is 5.91 Å². The Morgan fingerprint density at radius 2 is 2.00 bits per heavy atom. The number of carbonyl (C=O) groups is 1. The van der Waals surface area contributed by atoms with E-state index < -0.39 is 5.91 Å². The van der Waals surface area contributed by atoms with E-state index in [0.717, 1.165) is 5.69 Å². The number of rotatable bonds is 3. The molecule has 1 amide bonds. The molecule has 0 aliphatic heterocycles. The second-order valence-electron chi connectivity index (χ2n) is 3.81. The summed E-state index contributed by atoms with van der Waals surface area (Å²) in [5, 5.41) is 0. The van der Waals surface area contributed by atoms with E-state index in [0.29, 0.717) is 17.3 Å². The maximum atomic E-state index is 11.1. The van der Waals surface area contributed by atoms with Gasteiger partial charge in [-0.15, -0.1) is 0 Å². The highest BCUT2D eigenvalue weighted by Crippen LogP contribution is 2.26. The minimum Gasteiger partial charge on any atom is -0.396 e. The van der Waals surface area contributed by atoms with Crippen molar-refractivity contribution in [3.05, 3.63) is 23.8 Å². The lowest BCUT2D eigenvalue weighted by molar-refractivity contribution is 0.100. The second-order valence-corrected chi connectivity index (χ2v) is 3.81. The van der Waals surface area contributed by atoms with Crippen LogP contribution >= 0.6 is 0 Å². The fourth-order valence-corrected chi connectivity index (χ4v) is 1.35. The van der Waals surface area contributed by atoms with Gasteiger partial charge in [0.15, 0.2) is 0 Å². The third-order valence-electron chi connectivity index (χ3n) is 2.50. The van der Waals surface area contributed by atoms with Crippen LogP contribution in [0.25, 0.3) is 0 Å². The number of nitrogens with two attached hydrogens (primary N) is 2. The molecule has 4 heteroatoms. The number of hydrogen-bond acceptors (Lipinski definition) is 3. The van der Waals surface area contributed by atoms with Crippen molar-refractivity contribution in [3.8, 4) is 0 Å². The van der Waals surface area contributed by atoms with E-state index in [-0.39, 0.29) is 0 Å². The summed E-state index contributed by atoms with van der Waals surface area (Å²) in [6, 6.07) is 5.61. The van der Waals surface area contributed by atoms with Crippen molar-refractivity contribution in [1.82, 2.24) is 0 Å². The van der Waals surface area contributed by atoms with Crippen LogP contribution in [0.4, 0.5) is 11.4 Å². The van der Waals surface area contributed by atoms with E-state index in [9.17, 15) is 4.79 Å². The topological polar surface area (TPSA) is 72.3 Å². The Bertz CT molecular complexity index is 374. The summed E-state index contributed by atoms with van der Waals surface area (Å²) in [5.74, 6) is -0.494. The Balaban J connectivity index is 3.21. The molecule has 15 heavy (non-hydrogen) atoms. The number of para-hydroxylation sites is 1. The summed E-state index contributed by atoms with van der Waals surface area (Å²) < 4.78 is 0. The van der Waals surface area contributed by atoms with Crippen molar-refractivity contribution < 1.29 is 4.79 Å². The van der Waals surface area contributed by atoms with Gasteiger partial charge < -0.3 is 16.4 Å². The van der Waals surface area contributed by atoms with E-state index in [1.54, 1.807) is 12.1 Å². The highest BCUT2D eigenvalue weighted by atomic mass is 16.1. The molecule has 0 atom stereocenters. The molecule has 0 saturated heterocycles. The van der Waals surface area contributed by atoms with Gasteiger partial charge in [-0.1, -0.05) is 6.07 Å². The molecule has 0 saturated carbocycles. The first-order valence-corrected chi connectivity index (χ1v) is 4.86. The SMILES string of the molecule is CC(C)N(C)c1cccc(C(N)=O)c1N. The first kappa shape index (κ1) is 11.4. The van der Waals surface area contributed by atoms with E-state index in [1.165, 1.54) is 0 Å². The molecule has 82 valence electrons. The van der Waals surface area contributed by atoms with Crippen molar-refractivity contribution in [2.24, 2.45) is 5.73 Å². The molecule has 0 aliphatic rings. The smallest absolute Gasteiger partial charge is 0.250 e. The van der Waals surface area contributed by atoms with Crippen molar-refractivity contribution >= 4 is 17.3 Å². The van der Waals surface area contributed by atoms with E-state index in [1.807, 2.05) is 18.0 Å². The number of anilines is 2. The number of nitrogens with zero attached hydrogens (tertiary/aromatic N) is 1. The maximum absolute atomic E-state index is 11.1. The van der Waals surface area contributed by atoms with Gasteiger partial charge >= 0.3 is 0 Å². The Morgan fingerprint density at radius 3 is 2.47 bits per heavy atom. The zero-order valence-electron chi connectivity index (χ0n) is 9.32. The Hall–Kier alpha value is -1.71. The van der Waals surface area contributed by atoms with Crippen LogP contribution in [0.3, 0.4) is 0 Å². The average molecular weight is 207 g/mol. The predicted molar refractivity (Wildman–Crippen MR) is 62.9 cm³/mol. The van der Waals surface area contributed by atoms with Crippen LogP contribution in [0.1, 0.15) is 24.2 Å². The van der Waals surface area contributed by atoms with E-state index >= 15 is 0 Å². The Labute approximate surface area is 89.9 Å². The second kappa shape index (κ2) is 4.21. The molecule has 0 unspecified atom stereocenters. The molecule has 0 fully saturated rings. The van der Waals surface area contributed by atoms with Gasteiger partial charge in [0, 0.05) is 13.1 Å². The van der Waals surface area contributed by atoms with Gasteiger partial charge in [-0.05, 0) is 26.0 Å². The number of amides is 1. The third-order valence-corrected chi connectivity index (χ3v) is 2.50. The molecule has 4 N–H and O–H groups in total. The standard InChI is InChI=1S/C11H17N3O/c1-7(2)14(3)9-6-4-5-8(10(9)12)11(13)15/h4-7H,12H2,1-3H3,(H2,13,15). The molecular formula is C11H17N3O. The van der Waals surface area contributed by atoms with Crippen molar-refractivity contribution in [2.45, 2.75) is 19.9 Å². The van der Waals surface area contributed by atoms with Gasteiger partial charge in [0.1, 0.15) is 0 Å². The fourth-order valence-electron chi connectivity index (χ4n) is 1.35. The van der Waals surface area contributed by atoms with E-state index in [4.69, 9.17) is 11.5 Å². The fraction of sp³-hybridized carbons (Fsp3) is 0.364. The summed E-state index contributed by atoms with van der Waals surface area (Å²) in [4.78, 5) is 13.1. The van der Waals surface area contributed by atoms with Gasteiger partial charge in [0.05, 0.1) is 16.9 Å². The van der Waals surface area contributed by atoms with Gasteiger partial charge in [0.2, 0.25) is 0 Å². The summed E-state index contributed by atoms with van der Waals surface area (Å²) in [5.41, 5.74) is 12.8. The lowest BCUT2D eigenvalue weighted by atomic mass is 10.1. The zero-order chi connectivity index (χ0) is 11.6. The Morgan fingerprint density at radius 1 is 1.40 bits per heavy atom. The predicted octanol–water partition coefficient (Wildman–Crippen LogP) is 1.21. The van der Waals surface area contributed by atoms with Gasteiger partial charge in [-0.2, -0.15) is 0 Å². The molecule has 0 heterocycles. The Kier molecular flexibility index (Phi) is 3.19. The molecule has 1 rings (SSSR count). The molecule has 0 spiro atoms. The van der Waals surface area contributed by atoms with Gasteiger partial charge in [-0.3, -0.25) is 4.79 Å². The van der Waals surface area contributed by atoms with Crippen LogP contribution in [0.2, 0.25) is 0 Å². The van der Waals surface area contributed by atoms with Crippen LogP contribution in [-0.2, 0) is 0 Å². The average Bonchev–Trinajstić information content (AvgIpc) is 2.16. The quantitative estimate of drug-likeness (QED) is 0.732. The lowest BCUT2D eigenvalue weighted by Gasteiger charge is -2.25. The summed E-state index contributed by atoms with van der Waals surface area (Å²) >= 11 is 0. The summed E-state index contributed by atoms with van der Waals surface area (Å²) in [6.45, 7) is 4.10. The molecule has 0 aliphatic carbocycles. The van der Waals surface area contributed by atoms with Crippen molar-refractivity contribution in [1.29, 1.82) is 0 Å². The normalized spacial score (nSPS) is 10.4. The maximum Gasteiger partial charge on any atom is 0.250 e. The molecule has 0 radical (unpaired) electrons. The van der Waals surface area contributed by atoms with Crippen LogP contribution < -0.4 is 16.4 Å². The highest BCUT2D eigenvalue weighted by molar-refractivity contribution is 6.00. The summed E-state index contributed by atoms with van der Waals surface area (Å²) in [7, 11) is 1.93. The van der Waals surface area contributed by atoms with Gasteiger partial charge in [-0.25, -0.2) is 0 Å².